The van der Waals surface area contributed by atoms with E-state index in [1.807, 2.05) is 0 Å². The average Bonchev–Trinajstić information content (AvgIpc) is 1.65. The minimum Gasteiger partial charge on any atom is -0.419 e. The third-order valence-corrected chi connectivity index (χ3v) is 4.83. The van der Waals surface area contributed by atoms with Crippen molar-refractivity contribution in [2.45, 2.75) is 6.55 Å². The fourth-order valence-corrected chi connectivity index (χ4v) is 1.10. The summed E-state index contributed by atoms with van der Waals surface area (Å²) in [4.78, 5) is 0. The van der Waals surface area contributed by atoms with Gasteiger partial charge in [-0.1, -0.05) is 22.6 Å². The van der Waals surface area contributed by atoms with Crippen LogP contribution in [0.1, 0.15) is 0 Å². The van der Waals surface area contributed by atoms with Gasteiger partial charge in [0.25, 0.3) is 0 Å². The molecule has 0 spiro atoms. The van der Waals surface area contributed by atoms with E-state index in [9.17, 15) is 0 Å². The van der Waals surface area contributed by atoms with Crippen molar-refractivity contribution in [2.75, 3.05) is 11.2 Å². The monoisotopic (exact) mass is 304 g/mol. The van der Waals surface area contributed by atoms with Crippen LogP contribution in [0.15, 0.2) is 0 Å². The van der Waals surface area contributed by atoms with E-state index in [-0.39, 0.29) is 41.7 Å². The maximum absolute atomic E-state index is 4.99. The average molecular weight is 304 g/mol. The van der Waals surface area contributed by atoms with Crippen LogP contribution < -0.4 is 0 Å². The SMILES string of the molecule is CO[Si](C)CI.[Y]. The molecule has 0 saturated heterocycles. The first-order valence-electron chi connectivity index (χ1n) is 1.73. The Morgan fingerprint density at radius 1 is 1.71 bits per heavy atom. The van der Waals surface area contributed by atoms with Crippen molar-refractivity contribution in [2.24, 2.45) is 0 Å². The molecule has 0 aromatic heterocycles. The Hall–Kier alpha value is 2.01. The molecule has 0 unspecified atom stereocenters. The minimum absolute atomic E-state index is 0. The molecule has 40 valence electrons. The summed E-state index contributed by atoms with van der Waals surface area (Å²) < 4.78 is 6.17. The first-order chi connectivity index (χ1) is 2.81. The number of hydrogen-bond donors (Lipinski definition) is 0. The number of alkyl halides is 1. The van der Waals surface area contributed by atoms with Gasteiger partial charge in [0.15, 0.2) is 0 Å². The van der Waals surface area contributed by atoms with Crippen LogP contribution in [0.2, 0.25) is 6.55 Å². The molecular weight excluding hydrogens is 296 g/mol. The van der Waals surface area contributed by atoms with Gasteiger partial charge in [-0.25, -0.2) is 0 Å². The Morgan fingerprint density at radius 3 is 2.14 bits per heavy atom. The van der Waals surface area contributed by atoms with Gasteiger partial charge >= 0.3 is 0 Å². The zero-order valence-corrected chi connectivity index (χ0v) is 10.6. The molecule has 0 aromatic rings. The van der Waals surface area contributed by atoms with E-state index in [2.05, 4.69) is 29.1 Å². The maximum Gasteiger partial charge on any atom is 0.217 e. The molecule has 0 amide bonds. The molecule has 0 rings (SSSR count). The van der Waals surface area contributed by atoms with E-state index in [1.54, 1.807) is 7.11 Å². The molecule has 0 aliphatic heterocycles. The molecule has 7 heavy (non-hydrogen) atoms. The van der Waals surface area contributed by atoms with Crippen molar-refractivity contribution in [3.8, 4) is 0 Å². The molecule has 0 aliphatic rings. The van der Waals surface area contributed by atoms with Gasteiger partial charge in [0, 0.05) is 43.9 Å². The quantitative estimate of drug-likeness (QED) is 0.423. The van der Waals surface area contributed by atoms with Crippen molar-refractivity contribution in [1.29, 1.82) is 0 Å². The summed E-state index contributed by atoms with van der Waals surface area (Å²) in [6, 6.07) is 0. The van der Waals surface area contributed by atoms with Gasteiger partial charge in [-0.3, -0.25) is 0 Å². The first kappa shape index (κ1) is 11.8. The third-order valence-electron chi connectivity index (χ3n) is 0.537. The standard InChI is InChI=1S/C3H8IOSi.Y/c1-5-6(2)3-4;/h3H2,1-2H3;. The number of hydrogen-bond acceptors (Lipinski definition) is 1. The Labute approximate surface area is 85.3 Å². The van der Waals surface area contributed by atoms with Crippen LogP contribution in [0.3, 0.4) is 0 Å². The largest absolute Gasteiger partial charge is 0.419 e. The second-order valence-corrected chi connectivity index (χ2v) is 5.41. The van der Waals surface area contributed by atoms with E-state index < -0.39 is 0 Å². The topological polar surface area (TPSA) is 9.23 Å². The van der Waals surface area contributed by atoms with Gasteiger partial charge in [0.05, 0.1) is 0 Å². The molecular formula is C3H8IOSiY. The van der Waals surface area contributed by atoms with Crippen molar-refractivity contribution < 1.29 is 37.1 Å². The Balaban J connectivity index is 0. The maximum atomic E-state index is 4.99. The number of rotatable bonds is 2. The van der Waals surface area contributed by atoms with Crippen molar-refractivity contribution in [1.82, 2.24) is 0 Å². The van der Waals surface area contributed by atoms with Crippen molar-refractivity contribution >= 4 is 31.6 Å². The Morgan fingerprint density at radius 2 is 2.14 bits per heavy atom. The van der Waals surface area contributed by atoms with Gasteiger partial charge in [-0.05, 0) is 6.55 Å². The van der Waals surface area contributed by atoms with Gasteiger partial charge in [0.2, 0.25) is 9.04 Å². The van der Waals surface area contributed by atoms with Crippen LogP contribution in [0.5, 0.6) is 0 Å². The van der Waals surface area contributed by atoms with Gasteiger partial charge in [-0.2, -0.15) is 0 Å². The molecule has 2 radical (unpaired) electrons. The molecule has 0 saturated carbocycles. The Kier molecular flexibility index (Phi) is 13.5. The van der Waals surface area contributed by atoms with Crippen molar-refractivity contribution in [3.05, 3.63) is 0 Å². The summed E-state index contributed by atoms with van der Waals surface area (Å²) in [6.07, 6.45) is 0. The first-order valence-corrected chi connectivity index (χ1v) is 5.37. The molecule has 0 aromatic carbocycles. The van der Waals surface area contributed by atoms with Crippen LogP contribution in [0.25, 0.3) is 0 Å². The summed E-state index contributed by atoms with van der Waals surface area (Å²) in [5.41, 5.74) is 0. The summed E-state index contributed by atoms with van der Waals surface area (Å²) >= 11 is 2.33. The Bertz CT molecular complexity index is 34.1. The van der Waals surface area contributed by atoms with Crippen LogP contribution in [0, 0.1) is 0 Å². The second-order valence-electron chi connectivity index (χ2n) is 1.04. The van der Waals surface area contributed by atoms with Crippen LogP contribution in [-0.2, 0) is 37.1 Å². The van der Waals surface area contributed by atoms with E-state index in [1.165, 1.54) is 4.05 Å². The third kappa shape index (κ3) is 8.01. The zero-order valence-electron chi connectivity index (χ0n) is 4.57. The molecule has 0 fully saturated rings. The molecule has 0 aliphatic carbocycles. The van der Waals surface area contributed by atoms with Crippen LogP contribution in [-0.4, -0.2) is 20.2 Å². The summed E-state index contributed by atoms with van der Waals surface area (Å²) in [7, 11) is 1.39. The van der Waals surface area contributed by atoms with E-state index in [0.29, 0.717) is 0 Å². The predicted octanol–water partition coefficient (Wildman–Crippen LogP) is 1.23. The second kappa shape index (κ2) is 8.01. The molecule has 4 heteroatoms. The van der Waals surface area contributed by atoms with E-state index in [4.69, 9.17) is 4.43 Å². The normalized spacial score (nSPS) is 8.57. The molecule has 0 heterocycles. The fraction of sp³-hybridized carbons (Fsp3) is 1.00. The van der Waals surface area contributed by atoms with Crippen LogP contribution in [0.4, 0.5) is 0 Å². The van der Waals surface area contributed by atoms with Crippen molar-refractivity contribution in [3.63, 3.8) is 0 Å². The zero-order chi connectivity index (χ0) is 4.99. The summed E-state index contributed by atoms with van der Waals surface area (Å²) in [5, 5.41) is 0. The van der Waals surface area contributed by atoms with Crippen LogP contribution >= 0.6 is 22.6 Å². The van der Waals surface area contributed by atoms with E-state index in [0.717, 1.165) is 0 Å². The molecule has 0 atom stereocenters. The molecule has 0 bridgehead atoms. The van der Waals surface area contributed by atoms with Gasteiger partial charge in [0.1, 0.15) is 0 Å². The summed E-state index contributed by atoms with van der Waals surface area (Å²) in [5.74, 6) is 0. The minimum atomic E-state index is -0.382. The van der Waals surface area contributed by atoms with Gasteiger partial charge in [-0.15, -0.1) is 0 Å². The summed E-state index contributed by atoms with van der Waals surface area (Å²) in [6.45, 7) is 2.15. The van der Waals surface area contributed by atoms with Gasteiger partial charge < -0.3 is 4.43 Å². The number of halogens is 1. The fourth-order valence-electron chi connectivity index (χ4n) is 0.0546. The predicted molar refractivity (Wildman–Crippen MR) is 37.5 cm³/mol. The van der Waals surface area contributed by atoms with E-state index >= 15 is 0 Å². The smallest absolute Gasteiger partial charge is 0.217 e. The molecule has 0 N–H and O–H groups in total. The molecule has 1 nitrogen and oxygen atoms in total.